The van der Waals surface area contributed by atoms with Gasteiger partial charge in [-0.2, -0.15) is 23.1 Å². The molecule has 0 aliphatic rings. The number of nitrogens with zero attached hydrogens (tertiary/aromatic N) is 2. The fourth-order valence-electron chi connectivity index (χ4n) is 1.32. The second-order valence-electron chi connectivity index (χ2n) is 4.47. The molecule has 0 aliphatic heterocycles. The Morgan fingerprint density at radius 1 is 1.39 bits per heavy atom. The van der Waals surface area contributed by atoms with Crippen molar-refractivity contribution in [3.63, 3.8) is 0 Å². The van der Waals surface area contributed by atoms with Crippen molar-refractivity contribution in [1.29, 1.82) is 0 Å². The molecule has 0 saturated carbocycles. The Bertz CT molecular complexity index is 587. The standard InChI is InChI=1S/C13H15F3N2O5/c1-7(2)23-12-17-9(13(14,15)16)4-10(18-12)22-6-8(5-19)11(20)21-3/h4-5,7,19H,6H2,1-3H3. The third-order valence-corrected chi connectivity index (χ3v) is 2.29. The third-order valence-electron chi connectivity index (χ3n) is 2.29. The van der Waals surface area contributed by atoms with Gasteiger partial charge in [0.1, 0.15) is 12.2 Å². The molecule has 0 unspecified atom stereocenters. The second kappa shape index (κ2) is 7.65. The molecule has 0 atom stereocenters. The summed E-state index contributed by atoms with van der Waals surface area (Å²) in [5.41, 5.74) is -1.56. The zero-order chi connectivity index (χ0) is 17.6. The van der Waals surface area contributed by atoms with E-state index < -0.39 is 42.4 Å². The molecule has 7 nitrogen and oxygen atoms in total. The van der Waals surface area contributed by atoms with E-state index in [9.17, 15) is 18.0 Å². The SMILES string of the molecule is COC(=O)C(=CO)COc1cc(C(F)(F)F)nc(OC(C)C)n1. The van der Waals surface area contributed by atoms with Crippen LogP contribution in [0.2, 0.25) is 0 Å². The van der Waals surface area contributed by atoms with Crippen LogP contribution in [0.3, 0.4) is 0 Å². The molecular formula is C13H15F3N2O5. The van der Waals surface area contributed by atoms with Crippen LogP contribution in [0.5, 0.6) is 11.9 Å². The Kier molecular flexibility index (Phi) is 6.17. The smallest absolute Gasteiger partial charge is 0.433 e. The van der Waals surface area contributed by atoms with Crippen molar-refractivity contribution < 1.29 is 37.3 Å². The van der Waals surface area contributed by atoms with Crippen LogP contribution in [0.25, 0.3) is 0 Å². The van der Waals surface area contributed by atoms with E-state index in [2.05, 4.69) is 14.7 Å². The predicted octanol–water partition coefficient (Wildman–Crippen LogP) is 2.28. The molecule has 0 amide bonds. The summed E-state index contributed by atoms with van der Waals surface area (Å²) < 4.78 is 52.8. The lowest BCUT2D eigenvalue weighted by atomic mass is 10.3. The van der Waals surface area contributed by atoms with E-state index >= 15 is 0 Å². The normalized spacial score (nSPS) is 12.2. The number of alkyl halides is 3. The van der Waals surface area contributed by atoms with E-state index in [1.54, 1.807) is 13.8 Å². The molecule has 1 rings (SSSR count). The number of methoxy groups -OCH3 is 1. The Morgan fingerprint density at radius 2 is 2.04 bits per heavy atom. The van der Waals surface area contributed by atoms with Gasteiger partial charge in [0.05, 0.1) is 19.5 Å². The first-order valence-corrected chi connectivity index (χ1v) is 6.34. The quantitative estimate of drug-likeness (QED) is 0.484. The van der Waals surface area contributed by atoms with Crippen LogP contribution in [0.1, 0.15) is 19.5 Å². The molecular weight excluding hydrogens is 321 g/mol. The van der Waals surface area contributed by atoms with E-state index in [1.165, 1.54) is 0 Å². The van der Waals surface area contributed by atoms with Crippen LogP contribution in [-0.2, 0) is 15.7 Å². The van der Waals surface area contributed by atoms with Crippen molar-refractivity contribution in [3.8, 4) is 11.9 Å². The summed E-state index contributed by atoms with van der Waals surface area (Å²) >= 11 is 0. The summed E-state index contributed by atoms with van der Waals surface area (Å²) in [5.74, 6) is -1.36. The van der Waals surface area contributed by atoms with Crippen LogP contribution >= 0.6 is 0 Å². The van der Waals surface area contributed by atoms with Crippen LogP contribution in [0, 0.1) is 0 Å². The fourth-order valence-corrected chi connectivity index (χ4v) is 1.32. The minimum absolute atomic E-state index is 0.300. The minimum atomic E-state index is -4.73. The van der Waals surface area contributed by atoms with Gasteiger partial charge in [0.15, 0.2) is 5.69 Å². The zero-order valence-electron chi connectivity index (χ0n) is 12.5. The molecule has 0 bridgehead atoms. The van der Waals surface area contributed by atoms with Gasteiger partial charge >= 0.3 is 18.2 Å². The average molecular weight is 336 g/mol. The Balaban J connectivity index is 3.03. The molecule has 0 spiro atoms. The highest BCUT2D eigenvalue weighted by atomic mass is 19.4. The average Bonchev–Trinajstić information content (AvgIpc) is 2.45. The molecule has 1 aromatic rings. The number of halogens is 3. The first-order chi connectivity index (χ1) is 10.7. The maximum atomic E-state index is 12.8. The monoisotopic (exact) mass is 336 g/mol. The van der Waals surface area contributed by atoms with Crippen molar-refractivity contribution in [2.75, 3.05) is 13.7 Å². The molecule has 128 valence electrons. The number of carbonyl (C=O) groups is 1. The predicted molar refractivity (Wildman–Crippen MR) is 71.0 cm³/mol. The van der Waals surface area contributed by atoms with Gasteiger partial charge in [-0.15, -0.1) is 0 Å². The van der Waals surface area contributed by atoms with Gasteiger partial charge in [0, 0.05) is 6.07 Å². The number of rotatable bonds is 6. The molecule has 23 heavy (non-hydrogen) atoms. The second-order valence-corrected chi connectivity index (χ2v) is 4.47. The van der Waals surface area contributed by atoms with Gasteiger partial charge in [-0.1, -0.05) is 0 Å². The maximum Gasteiger partial charge on any atom is 0.433 e. The van der Waals surface area contributed by atoms with Crippen molar-refractivity contribution >= 4 is 5.97 Å². The number of ether oxygens (including phenoxy) is 3. The number of aliphatic hydroxyl groups is 1. The highest BCUT2D eigenvalue weighted by molar-refractivity contribution is 5.88. The summed E-state index contributed by atoms with van der Waals surface area (Å²) in [5, 5.41) is 8.88. The van der Waals surface area contributed by atoms with E-state index in [-0.39, 0.29) is 5.57 Å². The molecule has 1 N–H and O–H groups in total. The van der Waals surface area contributed by atoms with Crippen LogP contribution in [-0.4, -0.2) is 40.9 Å². The summed E-state index contributed by atoms with van der Waals surface area (Å²) in [6.07, 6.45) is -4.74. The number of hydrogen-bond donors (Lipinski definition) is 1. The summed E-state index contributed by atoms with van der Waals surface area (Å²) in [7, 11) is 1.08. The molecule has 10 heteroatoms. The largest absolute Gasteiger partial charge is 0.515 e. The number of hydrogen-bond acceptors (Lipinski definition) is 7. The van der Waals surface area contributed by atoms with Gasteiger partial charge in [-0.05, 0) is 13.8 Å². The summed E-state index contributed by atoms with van der Waals surface area (Å²) in [6.45, 7) is 2.64. The number of aliphatic hydroxyl groups excluding tert-OH is 1. The number of aromatic nitrogens is 2. The molecule has 0 aromatic carbocycles. The lowest BCUT2D eigenvalue weighted by Crippen LogP contribution is -2.16. The van der Waals surface area contributed by atoms with Gasteiger partial charge in [0.25, 0.3) is 0 Å². The third kappa shape index (κ3) is 5.64. The number of esters is 1. The molecule has 0 aliphatic carbocycles. The van der Waals surface area contributed by atoms with E-state index in [4.69, 9.17) is 14.6 Å². The molecule has 0 fully saturated rings. The van der Waals surface area contributed by atoms with Gasteiger partial charge in [-0.25, -0.2) is 4.79 Å². The summed E-state index contributed by atoms with van der Waals surface area (Å²) in [4.78, 5) is 18.1. The maximum absolute atomic E-state index is 12.8. The van der Waals surface area contributed by atoms with Crippen LogP contribution in [0.15, 0.2) is 17.9 Å². The Labute approximate surface area is 129 Å². The van der Waals surface area contributed by atoms with E-state index in [1.807, 2.05) is 0 Å². The highest BCUT2D eigenvalue weighted by Gasteiger charge is 2.34. The van der Waals surface area contributed by atoms with Crippen molar-refractivity contribution in [3.05, 3.63) is 23.6 Å². The fraction of sp³-hybridized carbons (Fsp3) is 0.462. The molecule has 0 saturated heterocycles. The zero-order valence-corrected chi connectivity index (χ0v) is 12.5. The number of carbonyl (C=O) groups excluding carboxylic acids is 1. The van der Waals surface area contributed by atoms with Gasteiger partial charge in [-0.3, -0.25) is 0 Å². The van der Waals surface area contributed by atoms with E-state index in [0.717, 1.165) is 7.11 Å². The van der Waals surface area contributed by atoms with Crippen molar-refractivity contribution in [1.82, 2.24) is 9.97 Å². The minimum Gasteiger partial charge on any atom is -0.515 e. The first kappa shape index (κ1) is 18.5. The van der Waals surface area contributed by atoms with Crippen molar-refractivity contribution in [2.45, 2.75) is 26.1 Å². The Morgan fingerprint density at radius 3 is 2.52 bits per heavy atom. The highest BCUT2D eigenvalue weighted by Crippen LogP contribution is 2.31. The molecule has 1 aromatic heterocycles. The first-order valence-electron chi connectivity index (χ1n) is 6.34. The van der Waals surface area contributed by atoms with E-state index in [0.29, 0.717) is 12.3 Å². The van der Waals surface area contributed by atoms with Crippen molar-refractivity contribution in [2.24, 2.45) is 0 Å². The lowest BCUT2D eigenvalue weighted by Gasteiger charge is -2.13. The Hall–Kier alpha value is -2.52. The van der Waals surface area contributed by atoms with Gasteiger partial charge in [0.2, 0.25) is 5.88 Å². The topological polar surface area (TPSA) is 90.8 Å². The molecule has 1 heterocycles. The van der Waals surface area contributed by atoms with Crippen LogP contribution < -0.4 is 9.47 Å². The lowest BCUT2D eigenvalue weighted by molar-refractivity contribution is -0.142. The molecule has 0 radical (unpaired) electrons. The van der Waals surface area contributed by atoms with Gasteiger partial charge < -0.3 is 19.3 Å². The summed E-state index contributed by atoms with van der Waals surface area (Å²) in [6, 6.07) is 0.0387. The van der Waals surface area contributed by atoms with Crippen LogP contribution in [0.4, 0.5) is 13.2 Å².